The van der Waals surface area contributed by atoms with Gasteiger partial charge in [-0.15, -0.1) is 24.0 Å². The summed E-state index contributed by atoms with van der Waals surface area (Å²) in [6.07, 6.45) is 5.05. The number of guanidine groups is 1. The van der Waals surface area contributed by atoms with E-state index in [0.29, 0.717) is 19.0 Å². The fraction of sp³-hybridized carbons (Fsp3) is 0.625. The number of urea groups is 1. The predicted octanol–water partition coefficient (Wildman–Crippen LogP) is 0.345. The van der Waals surface area contributed by atoms with Gasteiger partial charge in [-0.25, -0.2) is 4.79 Å². The molecule has 26 heavy (non-hydrogen) atoms. The van der Waals surface area contributed by atoms with E-state index in [2.05, 4.69) is 31.8 Å². The first kappa shape index (κ1) is 20.5. The minimum absolute atomic E-state index is 0. The van der Waals surface area contributed by atoms with Crippen LogP contribution in [0.5, 0.6) is 0 Å². The molecule has 144 valence electrons. The zero-order chi connectivity index (χ0) is 17.8. The van der Waals surface area contributed by atoms with Gasteiger partial charge in [0.2, 0.25) is 5.91 Å². The second-order valence-electron chi connectivity index (χ2n) is 6.32. The topological polar surface area (TPSA) is 94.9 Å². The van der Waals surface area contributed by atoms with E-state index >= 15 is 0 Å². The van der Waals surface area contributed by atoms with E-state index in [0.717, 1.165) is 32.0 Å². The van der Waals surface area contributed by atoms with E-state index in [1.807, 2.05) is 24.9 Å². The van der Waals surface area contributed by atoms with Gasteiger partial charge in [0.05, 0.1) is 25.8 Å². The molecular formula is C16H26IN7O2. The van der Waals surface area contributed by atoms with Crippen molar-refractivity contribution in [3.8, 4) is 0 Å². The first-order valence-electron chi connectivity index (χ1n) is 8.68. The second-order valence-corrected chi connectivity index (χ2v) is 6.32. The Kier molecular flexibility index (Phi) is 7.23. The number of aryl methyl sites for hydroxylation is 1. The third kappa shape index (κ3) is 4.65. The van der Waals surface area contributed by atoms with Crippen molar-refractivity contribution >= 4 is 41.9 Å². The summed E-state index contributed by atoms with van der Waals surface area (Å²) in [5.74, 6) is 1.09. The lowest BCUT2D eigenvalue weighted by Gasteiger charge is -2.22. The number of nitrogens with one attached hydrogen (secondary N) is 2. The van der Waals surface area contributed by atoms with Gasteiger partial charge in [0.15, 0.2) is 5.96 Å². The van der Waals surface area contributed by atoms with Crippen LogP contribution in [0.2, 0.25) is 0 Å². The maximum absolute atomic E-state index is 11.6. The van der Waals surface area contributed by atoms with Gasteiger partial charge in [-0.05, 0) is 18.9 Å². The molecule has 2 fully saturated rings. The number of imide groups is 1. The summed E-state index contributed by atoms with van der Waals surface area (Å²) >= 11 is 0. The molecule has 3 rings (SSSR count). The normalized spacial score (nSPS) is 20.4. The van der Waals surface area contributed by atoms with Crippen molar-refractivity contribution in [3.63, 3.8) is 0 Å². The van der Waals surface area contributed by atoms with Crippen LogP contribution in [0.25, 0.3) is 0 Å². The van der Waals surface area contributed by atoms with Gasteiger partial charge in [-0.3, -0.25) is 19.4 Å². The quantitative estimate of drug-likeness (QED) is 0.278. The maximum Gasteiger partial charge on any atom is 0.324 e. The van der Waals surface area contributed by atoms with Crippen LogP contribution in [-0.2, 0) is 11.8 Å². The van der Waals surface area contributed by atoms with Crippen LogP contribution < -0.4 is 10.6 Å². The largest absolute Gasteiger partial charge is 0.357 e. The molecular weight excluding hydrogens is 449 g/mol. The lowest BCUT2D eigenvalue weighted by atomic mass is 10.0. The number of hydrogen-bond donors (Lipinski definition) is 2. The summed E-state index contributed by atoms with van der Waals surface area (Å²) in [6, 6.07) is -0.331. The number of halogens is 1. The van der Waals surface area contributed by atoms with Crippen LogP contribution in [0.15, 0.2) is 17.4 Å². The molecule has 10 heteroatoms. The van der Waals surface area contributed by atoms with Gasteiger partial charge in [0, 0.05) is 38.8 Å². The minimum atomic E-state index is -0.331. The second kappa shape index (κ2) is 9.19. The smallest absolute Gasteiger partial charge is 0.324 e. The van der Waals surface area contributed by atoms with Crippen molar-refractivity contribution in [1.82, 2.24) is 30.2 Å². The zero-order valence-corrected chi connectivity index (χ0v) is 17.5. The standard InChI is InChI=1S/C16H25N7O2.HI/c1-3-17-15(18-5-7-23-14(24)9-19-16(23)25)22-6-4-12(11-22)13-8-20-21(2)10-13;/h8,10,12H,3-7,9,11H2,1-2H3,(H,17,18)(H,19,25);1H. The molecule has 9 nitrogen and oxygen atoms in total. The SMILES string of the molecule is CCNC(=NCCN1C(=O)CNC1=O)N1CCC(c2cnn(C)c2)C1.I. The van der Waals surface area contributed by atoms with Gasteiger partial charge in [-0.1, -0.05) is 0 Å². The molecule has 0 aromatic carbocycles. The van der Waals surface area contributed by atoms with Crippen LogP contribution in [0.4, 0.5) is 4.79 Å². The Balaban J connectivity index is 0.00000243. The summed E-state index contributed by atoms with van der Waals surface area (Å²) in [7, 11) is 1.93. The first-order chi connectivity index (χ1) is 12.1. The molecule has 1 atom stereocenters. The third-order valence-corrected chi connectivity index (χ3v) is 4.54. The number of likely N-dealkylation sites (tertiary alicyclic amines) is 1. The fourth-order valence-electron chi connectivity index (χ4n) is 3.24. The number of carbonyl (C=O) groups is 2. The van der Waals surface area contributed by atoms with Gasteiger partial charge in [0.25, 0.3) is 0 Å². The number of nitrogens with zero attached hydrogens (tertiary/aromatic N) is 5. The van der Waals surface area contributed by atoms with Crippen molar-refractivity contribution in [2.24, 2.45) is 12.0 Å². The fourth-order valence-corrected chi connectivity index (χ4v) is 3.24. The van der Waals surface area contributed by atoms with E-state index < -0.39 is 0 Å². The van der Waals surface area contributed by atoms with Crippen molar-refractivity contribution < 1.29 is 9.59 Å². The van der Waals surface area contributed by atoms with Gasteiger partial charge < -0.3 is 15.5 Å². The van der Waals surface area contributed by atoms with E-state index in [1.165, 1.54) is 10.5 Å². The highest BCUT2D eigenvalue weighted by Gasteiger charge is 2.29. The van der Waals surface area contributed by atoms with Crippen molar-refractivity contribution in [3.05, 3.63) is 18.0 Å². The van der Waals surface area contributed by atoms with Gasteiger partial charge >= 0.3 is 6.03 Å². The Morgan fingerprint density at radius 3 is 2.88 bits per heavy atom. The van der Waals surface area contributed by atoms with Crippen LogP contribution in [0.1, 0.15) is 24.8 Å². The lowest BCUT2D eigenvalue weighted by molar-refractivity contribution is -0.124. The maximum atomic E-state index is 11.6. The van der Waals surface area contributed by atoms with Gasteiger partial charge in [0.1, 0.15) is 0 Å². The number of aromatic nitrogens is 2. The average Bonchev–Trinajstić information content (AvgIpc) is 3.30. The molecule has 1 unspecified atom stereocenters. The highest BCUT2D eigenvalue weighted by atomic mass is 127. The molecule has 0 spiro atoms. The summed E-state index contributed by atoms with van der Waals surface area (Å²) in [4.78, 5) is 31.2. The lowest BCUT2D eigenvalue weighted by Crippen LogP contribution is -2.41. The summed E-state index contributed by atoms with van der Waals surface area (Å²) < 4.78 is 1.83. The molecule has 0 aliphatic carbocycles. The molecule has 0 bridgehead atoms. The zero-order valence-electron chi connectivity index (χ0n) is 15.1. The van der Waals surface area contributed by atoms with Crippen LogP contribution in [-0.4, -0.2) is 76.7 Å². The van der Waals surface area contributed by atoms with Crippen LogP contribution in [0.3, 0.4) is 0 Å². The number of aliphatic imine (C=N–C) groups is 1. The van der Waals surface area contributed by atoms with E-state index in [4.69, 9.17) is 0 Å². The highest BCUT2D eigenvalue weighted by Crippen LogP contribution is 2.26. The Hall–Kier alpha value is -1.85. The molecule has 2 N–H and O–H groups in total. The number of carbonyl (C=O) groups excluding carboxylic acids is 2. The predicted molar refractivity (Wildman–Crippen MR) is 109 cm³/mol. The van der Waals surface area contributed by atoms with E-state index in [9.17, 15) is 9.59 Å². The Morgan fingerprint density at radius 1 is 1.46 bits per heavy atom. The monoisotopic (exact) mass is 475 g/mol. The van der Waals surface area contributed by atoms with Crippen molar-refractivity contribution in [1.29, 1.82) is 0 Å². The summed E-state index contributed by atoms with van der Waals surface area (Å²) in [5, 5.41) is 10.1. The number of rotatable bonds is 5. The Morgan fingerprint density at radius 2 is 2.27 bits per heavy atom. The third-order valence-electron chi connectivity index (χ3n) is 4.54. The molecule has 0 saturated carbocycles. The molecule has 3 amide bonds. The molecule has 0 radical (unpaired) electrons. The molecule has 1 aromatic rings. The minimum Gasteiger partial charge on any atom is -0.357 e. The molecule has 2 saturated heterocycles. The first-order valence-corrected chi connectivity index (χ1v) is 8.68. The van der Waals surface area contributed by atoms with Crippen LogP contribution in [0, 0.1) is 0 Å². The molecule has 2 aliphatic rings. The number of amides is 3. The Bertz CT molecular complexity index is 659. The Labute approximate surface area is 170 Å². The summed E-state index contributed by atoms with van der Waals surface area (Å²) in [6.45, 7) is 5.41. The van der Waals surface area contributed by atoms with Gasteiger partial charge in [-0.2, -0.15) is 5.10 Å². The van der Waals surface area contributed by atoms with Crippen molar-refractivity contribution in [2.75, 3.05) is 39.3 Å². The van der Waals surface area contributed by atoms with E-state index in [1.54, 1.807) is 0 Å². The van der Waals surface area contributed by atoms with E-state index in [-0.39, 0.29) is 42.5 Å². The molecule has 3 heterocycles. The average molecular weight is 475 g/mol. The summed E-state index contributed by atoms with van der Waals surface area (Å²) in [5.41, 5.74) is 1.25. The number of hydrogen-bond acceptors (Lipinski definition) is 4. The molecule has 2 aliphatic heterocycles. The van der Waals surface area contributed by atoms with Crippen LogP contribution >= 0.6 is 24.0 Å². The highest BCUT2D eigenvalue weighted by molar-refractivity contribution is 14.0. The van der Waals surface area contributed by atoms with Crippen molar-refractivity contribution in [2.45, 2.75) is 19.3 Å². The molecule has 1 aromatic heterocycles.